The first kappa shape index (κ1) is 22.6. The Morgan fingerprint density at radius 2 is 2.00 bits per heavy atom. The summed E-state index contributed by atoms with van der Waals surface area (Å²) in [6.07, 6.45) is 0.450. The number of carbonyl (C=O) groups is 1. The van der Waals surface area contributed by atoms with Crippen molar-refractivity contribution in [3.63, 3.8) is 0 Å². The second-order valence-corrected chi connectivity index (χ2v) is 6.81. The van der Waals surface area contributed by atoms with Crippen LogP contribution >= 0.6 is 0 Å². The van der Waals surface area contributed by atoms with Crippen LogP contribution in [0.5, 0.6) is 5.75 Å². The van der Waals surface area contributed by atoms with Crippen molar-refractivity contribution in [2.45, 2.75) is 46.7 Å². The number of ether oxygens (including phenoxy) is 2. The molecule has 0 aromatic heterocycles. The van der Waals surface area contributed by atoms with Crippen LogP contribution in [0.1, 0.15) is 38.3 Å². The predicted molar refractivity (Wildman–Crippen MR) is 109 cm³/mol. The van der Waals surface area contributed by atoms with Gasteiger partial charge in [0.05, 0.1) is 13.7 Å². The van der Waals surface area contributed by atoms with Crippen molar-refractivity contribution in [2.24, 2.45) is 10.9 Å². The second-order valence-electron chi connectivity index (χ2n) is 6.81. The lowest BCUT2D eigenvalue weighted by molar-refractivity contribution is 0.146. The third kappa shape index (κ3) is 8.66. The fourth-order valence-corrected chi connectivity index (χ4v) is 2.72. The summed E-state index contributed by atoms with van der Waals surface area (Å²) in [7, 11) is 3.39. The fraction of sp³-hybridized carbons (Fsp3) is 0.600. The van der Waals surface area contributed by atoms with Crippen LogP contribution in [0, 0.1) is 12.8 Å². The van der Waals surface area contributed by atoms with Crippen LogP contribution in [0.4, 0.5) is 4.79 Å². The second kappa shape index (κ2) is 12.0. The van der Waals surface area contributed by atoms with Crippen molar-refractivity contribution in [1.29, 1.82) is 0 Å². The number of hydrogen-bond acceptors (Lipinski definition) is 4. The summed E-state index contributed by atoms with van der Waals surface area (Å²) in [4.78, 5) is 16.0. The number of nitrogens with one attached hydrogen (secondary N) is 3. The minimum Gasteiger partial charge on any atom is -0.496 e. The molecule has 1 aromatic carbocycles. The summed E-state index contributed by atoms with van der Waals surface area (Å²) in [5.74, 6) is 1.96. The van der Waals surface area contributed by atoms with Gasteiger partial charge < -0.3 is 25.4 Å². The number of rotatable bonds is 9. The summed E-state index contributed by atoms with van der Waals surface area (Å²) in [6.45, 7) is 9.57. The van der Waals surface area contributed by atoms with E-state index in [0.717, 1.165) is 23.3 Å². The molecule has 27 heavy (non-hydrogen) atoms. The van der Waals surface area contributed by atoms with Gasteiger partial charge in [-0.05, 0) is 37.8 Å². The first-order valence-electron chi connectivity index (χ1n) is 9.40. The first-order valence-corrected chi connectivity index (χ1v) is 9.40. The third-order valence-electron chi connectivity index (χ3n) is 3.98. The van der Waals surface area contributed by atoms with E-state index in [2.05, 4.69) is 40.9 Å². The van der Waals surface area contributed by atoms with Crippen LogP contribution in [-0.4, -0.2) is 45.4 Å². The van der Waals surface area contributed by atoms with Crippen LogP contribution in [0.25, 0.3) is 0 Å². The highest BCUT2D eigenvalue weighted by molar-refractivity contribution is 5.79. The van der Waals surface area contributed by atoms with Crippen LogP contribution in [0.2, 0.25) is 0 Å². The summed E-state index contributed by atoms with van der Waals surface area (Å²) < 4.78 is 10.4. The molecule has 7 nitrogen and oxygen atoms in total. The van der Waals surface area contributed by atoms with Gasteiger partial charge in [0.25, 0.3) is 0 Å². The highest BCUT2D eigenvalue weighted by Gasteiger charge is 2.15. The largest absolute Gasteiger partial charge is 0.496 e. The zero-order valence-electron chi connectivity index (χ0n) is 17.4. The van der Waals surface area contributed by atoms with Crippen LogP contribution in [-0.2, 0) is 11.3 Å². The smallest absolute Gasteiger partial charge is 0.407 e. The van der Waals surface area contributed by atoms with Gasteiger partial charge in [-0.3, -0.25) is 4.99 Å². The molecule has 1 atom stereocenters. The molecule has 0 saturated heterocycles. The van der Waals surface area contributed by atoms with Gasteiger partial charge in [0.15, 0.2) is 5.96 Å². The monoisotopic (exact) mass is 378 g/mol. The van der Waals surface area contributed by atoms with Crippen molar-refractivity contribution in [1.82, 2.24) is 16.0 Å². The molecule has 152 valence electrons. The minimum absolute atomic E-state index is 0.0449. The molecular weight excluding hydrogens is 344 g/mol. The molecule has 0 radical (unpaired) electrons. The maximum atomic E-state index is 11.7. The van der Waals surface area contributed by atoms with Gasteiger partial charge in [-0.15, -0.1) is 0 Å². The molecule has 0 heterocycles. The molecule has 0 bridgehead atoms. The Bertz CT molecular complexity index is 617. The SMILES string of the molecule is CCOC(=O)NC(CNC(=NC)NCc1ccc(C)cc1OC)CC(C)C. The zero-order chi connectivity index (χ0) is 20.2. The van der Waals surface area contributed by atoms with Crippen LogP contribution in [0.15, 0.2) is 23.2 Å². The summed E-state index contributed by atoms with van der Waals surface area (Å²) in [5.41, 5.74) is 2.20. The first-order chi connectivity index (χ1) is 12.9. The Morgan fingerprint density at radius 3 is 2.59 bits per heavy atom. The number of aliphatic imine (C=N–C) groups is 1. The Hall–Kier alpha value is -2.44. The Labute approximate surface area is 162 Å². The molecule has 0 aliphatic rings. The van der Waals surface area contributed by atoms with Crippen molar-refractivity contribution < 1.29 is 14.3 Å². The van der Waals surface area contributed by atoms with Crippen molar-refractivity contribution in [3.8, 4) is 5.75 Å². The number of methoxy groups -OCH3 is 1. The lowest BCUT2D eigenvalue weighted by Gasteiger charge is -2.22. The van der Waals surface area contributed by atoms with E-state index in [1.807, 2.05) is 19.1 Å². The molecular formula is C20H34N4O3. The number of alkyl carbamates (subject to hydrolysis) is 1. The van der Waals surface area contributed by atoms with Gasteiger partial charge >= 0.3 is 6.09 Å². The van der Waals surface area contributed by atoms with E-state index in [0.29, 0.717) is 31.6 Å². The highest BCUT2D eigenvalue weighted by Crippen LogP contribution is 2.19. The maximum Gasteiger partial charge on any atom is 0.407 e. The molecule has 0 saturated carbocycles. The number of aryl methyl sites for hydroxylation is 1. The molecule has 1 aromatic rings. The van der Waals surface area contributed by atoms with Crippen molar-refractivity contribution >= 4 is 12.1 Å². The van der Waals surface area contributed by atoms with Crippen LogP contribution < -0.4 is 20.7 Å². The number of carbonyl (C=O) groups excluding carboxylic acids is 1. The number of guanidine groups is 1. The highest BCUT2D eigenvalue weighted by atomic mass is 16.5. The van der Waals surface area contributed by atoms with Gasteiger partial charge in [0.1, 0.15) is 5.75 Å². The van der Waals surface area contributed by atoms with Gasteiger partial charge in [0, 0.05) is 31.7 Å². The predicted octanol–water partition coefficient (Wildman–Crippen LogP) is 2.83. The summed E-state index contributed by atoms with van der Waals surface area (Å²) in [5, 5.41) is 9.45. The van der Waals surface area contributed by atoms with E-state index >= 15 is 0 Å². The lowest BCUT2D eigenvalue weighted by atomic mass is 10.0. The average Bonchev–Trinajstić information content (AvgIpc) is 2.62. The van der Waals surface area contributed by atoms with Gasteiger partial charge in [-0.25, -0.2) is 4.79 Å². The number of benzene rings is 1. The molecule has 0 spiro atoms. The molecule has 1 amide bonds. The van der Waals surface area contributed by atoms with E-state index in [1.165, 1.54) is 0 Å². The topological polar surface area (TPSA) is 84.0 Å². The van der Waals surface area contributed by atoms with Crippen molar-refractivity contribution in [3.05, 3.63) is 29.3 Å². The van der Waals surface area contributed by atoms with Gasteiger partial charge in [-0.2, -0.15) is 0 Å². The molecule has 7 heteroatoms. The Morgan fingerprint density at radius 1 is 1.26 bits per heavy atom. The summed E-state index contributed by atoms with van der Waals surface area (Å²) in [6, 6.07) is 6.06. The van der Waals surface area contributed by atoms with Crippen molar-refractivity contribution in [2.75, 3.05) is 27.3 Å². The van der Waals surface area contributed by atoms with E-state index in [1.54, 1.807) is 21.1 Å². The molecule has 1 rings (SSSR count). The van der Waals surface area contributed by atoms with E-state index in [-0.39, 0.29) is 6.04 Å². The molecule has 0 fully saturated rings. The fourth-order valence-electron chi connectivity index (χ4n) is 2.72. The average molecular weight is 379 g/mol. The van der Waals surface area contributed by atoms with E-state index in [9.17, 15) is 4.79 Å². The zero-order valence-corrected chi connectivity index (χ0v) is 17.4. The normalized spacial score (nSPS) is 12.5. The van der Waals surface area contributed by atoms with Gasteiger partial charge in [-0.1, -0.05) is 26.0 Å². The van der Waals surface area contributed by atoms with Gasteiger partial charge in [0.2, 0.25) is 0 Å². The van der Waals surface area contributed by atoms with Crippen LogP contribution in [0.3, 0.4) is 0 Å². The Balaban J connectivity index is 2.61. The molecule has 1 unspecified atom stereocenters. The molecule has 3 N–H and O–H groups in total. The number of hydrogen-bond donors (Lipinski definition) is 3. The number of amides is 1. The minimum atomic E-state index is -0.391. The Kier molecular flexibility index (Phi) is 10.1. The third-order valence-corrected chi connectivity index (χ3v) is 3.98. The standard InChI is InChI=1S/C20H34N4O3/c1-7-27-20(25)24-17(10-14(2)3)13-23-19(21-5)22-12-16-9-8-15(4)11-18(16)26-6/h8-9,11,14,17H,7,10,12-13H2,1-6H3,(H,24,25)(H2,21,22,23). The quantitative estimate of drug-likeness (QED) is 0.455. The number of nitrogens with zero attached hydrogens (tertiary/aromatic N) is 1. The molecule has 0 aliphatic heterocycles. The maximum absolute atomic E-state index is 11.7. The van der Waals surface area contributed by atoms with E-state index < -0.39 is 6.09 Å². The van der Waals surface area contributed by atoms with E-state index in [4.69, 9.17) is 9.47 Å². The summed E-state index contributed by atoms with van der Waals surface area (Å²) >= 11 is 0. The molecule has 0 aliphatic carbocycles. The lowest BCUT2D eigenvalue weighted by Crippen LogP contribution is -2.47.